The first-order valence-electron chi connectivity index (χ1n) is 11.3. The van der Waals surface area contributed by atoms with Crippen LogP contribution in [-0.4, -0.2) is 45.5 Å². The first-order chi connectivity index (χ1) is 14.4. The maximum Gasteiger partial charge on any atom is 0.416 e. The number of carbonyl (C=O) groups excluding carboxylic acids is 2. The molecule has 0 spiro atoms. The van der Waals surface area contributed by atoms with Gasteiger partial charge in [0.25, 0.3) is 0 Å². The second kappa shape index (κ2) is 10.2. The molecule has 30 heavy (non-hydrogen) atoms. The van der Waals surface area contributed by atoms with Gasteiger partial charge in [0.2, 0.25) is 5.91 Å². The number of imide groups is 1. The average molecular weight is 434 g/mol. The van der Waals surface area contributed by atoms with E-state index in [0.717, 1.165) is 43.4 Å². The average Bonchev–Trinajstić information content (AvgIpc) is 3.11. The normalized spacial score (nSPS) is 24.1. The maximum absolute atomic E-state index is 13.4. The van der Waals surface area contributed by atoms with Crippen molar-refractivity contribution in [1.82, 2.24) is 4.90 Å². The van der Waals surface area contributed by atoms with Gasteiger partial charge in [-0.1, -0.05) is 71.1 Å². The topological polar surface area (TPSA) is 66.8 Å². The molecule has 0 radical (unpaired) electrons. The Hall–Kier alpha value is -1.53. The Labute approximate surface area is 184 Å². The molecule has 1 saturated heterocycles. The summed E-state index contributed by atoms with van der Waals surface area (Å²) in [5, 5.41) is 11.6. The maximum atomic E-state index is 13.4. The highest BCUT2D eigenvalue weighted by atomic mass is 32.2. The summed E-state index contributed by atoms with van der Waals surface area (Å²) in [7, 11) is 0. The lowest BCUT2D eigenvalue weighted by molar-refractivity contribution is -0.138. The first kappa shape index (κ1) is 23.1. The second-order valence-corrected chi connectivity index (χ2v) is 10.6. The van der Waals surface area contributed by atoms with E-state index in [1.165, 1.54) is 11.3 Å². The van der Waals surface area contributed by atoms with Gasteiger partial charge in [0.1, 0.15) is 6.61 Å². The van der Waals surface area contributed by atoms with E-state index in [1.54, 1.807) is 18.7 Å². The summed E-state index contributed by atoms with van der Waals surface area (Å²) < 4.78 is 4.74. The lowest BCUT2D eigenvalue weighted by Crippen LogP contribution is -2.52. The van der Waals surface area contributed by atoms with Crippen molar-refractivity contribution < 1.29 is 19.4 Å². The molecular formula is C24H35NO4S. The van der Waals surface area contributed by atoms with Crippen molar-refractivity contribution in [2.24, 2.45) is 11.8 Å². The van der Waals surface area contributed by atoms with E-state index in [1.807, 2.05) is 32.0 Å². The molecule has 1 aromatic carbocycles. The van der Waals surface area contributed by atoms with Gasteiger partial charge in [-0.25, -0.2) is 9.69 Å². The number of benzene rings is 1. The van der Waals surface area contributed by atoms with Crippen molar-refractivity contribution in [2.75, 3.05) is 6.61 Å². The van der Waals surface area contributed by atoms with Gasteiger partial charge < -0.3 is 9.84 Å². The SMILES string of the molecule is CC(C)[C@H]1COC(=O)N1C(=O)[C@@H](C)[C@H](O)C1(Sc2ccccc2)CCCCCCC1. The molecule has 1 aliphatic heterocycles. The Bertz CT molecular complexity index is 715. The summed E-state index contributed by atoms with van der Waals surface area (Å²) in [6.45, 7) is 5.96. The molecule has 3 atom stereocenters. The third kappa shape index (κ3) is 5.02. The van der Waals surface area contributed by atoms with Crippen LogP contribution in [0.1, 0.15) is 65.7 Å². The standard InChI is InChI=1S/C24H35NO4S/c1-17(2)20-16-29-23(28)25(20)22(27)18(3)21(26)24(14-10-5-4-6-11-15-24)30-19-12-8-7-9-13-19/h7-9,12-13,17-18,20-21,26H,4-6,10-11,14-16H2,1-3H3/t18-,20+,21-/m0/s1. The monoisotopic (exact) mass is 433 g/mol. The summed E-state index contributed by atoms with van der Waals surface area (Å²) >= 11 is 1.70. The van der Waals surface area contributed by atoms with Crippen LogP contribution in [0.3, 0.4) is 0 Å². The third-order valence-electron chi connectivity index (χ3n) is 6.58. The number of aliphatic hydroxyl groups is 1. The van der Waals surface area contributed by atoms with Gasteiger partial charge in [-0.2, -0.15) is 0 Å². The lowest BCUT2D eigenvalue weighted by atomic mass is 9.81. The van der Waals surface area contributed by atoms with Gasteiger partial charge in [-0.05, 0) is 30.9 Å². The van der Waals surface area contributed by atoms with Crippen molar-refractivity contribution in [2.45, 2.75) is 87.5 Å². The lowest BCUT2D eigenvalue weighted by Gasteiger charge is -2.42. The zero-order chi connectivity index (χ0) is 21.7. The number of amides is 2. The fourth-order valence-electron chi connectivity index (χ4n) is 4.68. The minimum absolute atomic E-state index is 0.110. The minimum atomic E-state index is -0.838. The van der Waals surface area contributed by atoms with E-state index >= 15 is 0 Å². The Morgan fingerprint density at radius 1 is 1.10 bits per heavy atom. The van der Waals surface area contributed by atoms with E-state index in [0.29, 0.717) is 0 Å². The number of carbonyl (C=O) groups is 2. The van der Waals surface area contributed by atoms with Gasteiger partial charge in [0.15, 0.2) is 0 Å². The molecule has 0 aromatic heterocycles. The Morgan fingerprint density at radius 2 is 1.70 bits per heavy atom. The zero-order valence-electron chi connectivity index (χ0n) is 18.4. The fourth-order valence-corrected chi connectivity index (χ4v) is 6.26. The molecule has 2 aliphatic rings. The Morgan fingerprint density at radius 3 is 2.30 bits per heavy atom. The van der Waals surface area contributed by atoms with E-state index < -0.39 is 22.9 Å². The molecule has 166 valence electrons. The molecule has 1 aromatic rings. The summed E-state index contributed by atoms with van der Waals surface area (Å²) in [6, 6.07) is 9.87. The van der Waals surface area contributed by atoms with Crippen LogP contribution in [0.5, 0.6) is 0 Å². The Kier molecular flexibility index (Phi) is 7.86. The van der Waals surface area contributed by atoms with Crippen LogP contribution < -0.4 is 0 Å². The molecule has 1 N–H and O–H groups in total. The van der Waals surface area contributed by atoms with Crippen molar-refractivity contribution in [3.8, 4) is 0 Å². The van der Waals surface area contributed by atoms with Crippen molar-refractivity contribution in [3.05, 3.63) is 30.3 Å². The summed E-state index contributed by atoms with van der Waals surface area (Å²) in [5.74, 6) is -0.884. The predicted molar refractivity (Wildman–Crippen MR) is 119 cm³/mol. The van der Waals surface area contributed by atoms with Crippen molar-refractivity contribution in [3.63, 3.8) is 0 Å². The summed E-state index contributed by atoms with van der Waals surface area (Å²) in [5.41, 5.74) is 0. The molecule has 1 aliphatic carbocycles. The highest BCUT2D eigenvalue weighted by Gasteiger charge is 2.48. The van der Waals surface area contributed by atoms with Gasteiger partial charge in [0, 0.05) is 9.64 Å². The van der Waals surface area contributed by atoms with Crippen LogP contribution in [-0.2, 0) is 9.53 Å². The highest BCUT2D eigenvalue weighted by molar-refractivity contribution is 8.00. The molecule has 1 saturated carbocycles. The number of hydrogen-bond donors (Lipinski definition) is 1. The van der Waals surface area contributed by atoms with Crippen LogP contribution in [0.15, 0.2) is 35.2 Å². The number of rotatable bonds is 6. The van der Waals surface area contributed by atoms with Gasteiger partial charge in [-0.15, -0.1) is 11.8 Å². The van der Waals surface area contributed by atoms with E-state index in [2.05, 4.69) is 12.1 Å². The smallest absolute Gasteiger partial charge is 0.416 e. The number of ether oxygens (including phenoxy) is 1. The number of hydrogen-bond acceptors (Lipinski definition) is 5. The van der Waals surface area contributed by atoms with Crippen LogP contribution in [0.2, 0.25) is 0 Å². The van der Waals surface area contributed by atoms with Crippen LogP contribution >= 0.6 is 11.8 Å². The number of thioether (sulfide) groups is 1. The zero-order valence-corrected chi connectivity index (χ0v) is 19.2. The molecule has 1 heterocycles. The number of nitrogens with zero attached hydrogens (tertiary/aromatic N) is 1. The van der Waals surface area contributed by atoms with Crippen LogP contribution in [0, 0.1) is 11.8 Å². The number of cyclic esters (lactones) is 1. The molecule has 0 unspecified atom stereocenters. The molecule has 3 rings (SSSR count). The summed E-state index contributed by atoms with van der Waals surface area (Å²) in [6.07, 6.45) is 5.92. The van der Waals surface area contributed by atoms with Crippen molar-refractivity contribution in [1.29, 1.82) is 0 Å². The van der Waals surface area contributed by atoms with E-state index in [-0.39, 0.29) is 24.5 Å². The molecule has 6 heteroatoms. The molecule has 0 bridgehead atoms. The molecule has 2 amide bonds. The van der Waals surface area contributed by atoms with E-state index in [4.69, 9.17) is 4.74 Å². The Balaban J connectivity index is 1.86. The van der Waals surface area contributed by atoms with Gasteiger partial charge in [-0.3, -0.25) is 4.79 Å². The predicted octanol–water partition coefficient (Wildman–Crippen LogP) is 5.26. The first-order valence-corrected chi connectivity index (χ1v) is 12.1. The molecule has 5 nitrogen and oxygen atoms in total. The largest absolute Gasteiger partial charge is 0.447 e. The fraction of sp³-hybridized carbons (Fsp3) is 0.667. The second-order valence-electron chi connectivity index (χ2n) is 9.08. The number of aliphatic hydroxyl groups excluding tert-OH is 1. The molecular weight excluding hydrogens is 398 g/mol. The van der Waals surface area contributed by atoms with Gasteiger partial charge in [0.05, 0.1) is 18.1 Å². The van der Waals surface area contributed by atoms with Crippen LogP contribution in [0.4, 0.5) is 4.79 Å². The highest BCUT2D eigenvalue weighted by Crippen LogP contribution is 2.47. The molecule has 2 fully saturated rings. The van der Waals surface area contributed by atoms with Crippen molar-refractivity contribution >= 4 is 23.8 Å². The van der Waals surface area contributed by atoms with Gasteiger partial charge >= 0.3 is 6.09 Å². The summed E-state index contributed by atoms with van der Waals surface area (Å²) in [4.78, 5) is 28.0. The minimum Gasteiger partial charge on any atom is -0.447 e. The third-order valence-corrected chi connectivity index (χ3v) is 8.14. The quantitative estimate of drug-likeness (QED) is 0.663. The van der Waals surface area contributed by atoms with E-state index in [9.17, 15) is 14.7 Å². The van der Waals surface area contributed by atoms with Crippen LogP contribution in [0.25, 0.3) is 0 Å².